The molecule has 0 aliphatic rings. The van der Waals surface area contributed by atoms with Gasteiger partial charge in [0.15, 0.2) is 11.7 Å². The van der Waals surface area contributed by atoms with Gasteiger partial charge in [0, 0.05) is 18.3 Å². The van der Waals surface area contributed by atoms with Crippen molar-refractivity contribution in [2.75, 3.05) is 7.11 Å². The third-order valence-electron chi connectivity index (χ3n) is 3.67. The Labute approximate surface area is 157 Å². The second kappa shape index (κ2) is 7.51. The summed E-state index contributed by atoms with van der Waals surface area (Å²) >= 11 is 0. The van der Waals surface area contributed by atoms with Crippen LogP contribution in [0.4, 0.5) is 13.2 Å². The summed E-state index contributed by atoms with van der Waals surface area (Å²) < 4.78 is 47.9. The lowest BCUT2D eigenvalue weighted by Gasteiger charge is -2.10. The Morgan fingerprint density at radius 3 is 2.57 bits per heavy atom. The van der Waals surface area contributed by atoms with Gasteiger partial charge >= 0.3 is 6.36 Å². The van der Waals surface area contributed by atoms with Crippen molar-refractivity contribution in [2.24, 2.45) is 11.5 Å². The monoisotopic (exact) mass is 391 g/mol. The van der Waals surface area contributed by atoms with Gasteiger partial charge in [-0.2, -0.15) is 0 Å². The van der Waals surface area contributed by atoms with E-state index in [0.29, 0.717) is 17.0 Å². The second-order valence-electron chi connectivity index (χ2n) is 5.55. The smallest absolute Gasteiger partial charge is 0.483 e. The van der Waals surface area contributed by atoms with Gasteiger partial charge in [0.1, 0.15) is 17.3 Å². The molecule has 0 saturated heterocycles. The number of ether oxygens (including phenoxy) is 2. The molecule has 2 heterocycles. The fraction of sp³-hybridized carbons (Fsp3) is 0.111. The maximum Gasteiger partial charge on any atom is 0.573 e. The third-order valence-corrected chi connectivity index (χ3v) is 3.67. The number of halogens is 3. The molecule has 0 unspecified atom stereocenters. The van der Waals surface area contributed by atoms with Crippen LogP contribution in [0.1, 0.15) is 0 Å². The molecule has 4 N–H and O–H groups in total. The number of aromatic nitrogens is 3. The molecule has 7 nitrogen and oxygen atoms in total. The SMILES string of the molecule is CO/C(N)=C/C=C(\N)n1c(-c2ccccn2)nc2cc(OC(F)(F)F)ccc21. The molecule has 3 rings (SSSR count). The Morgan fingerprint density at radius 2 is 1.93 bits per heavy atom. The molecule has 0 aliphatic carbocycles. The van der Waals surface area contributed by atoms with Crippen molar-refractivity contribution in [3.05, 3.63) is 60.6 Å². The van der Waals surface area contributed by atoms with Crippen molar-refractivity contribution >= 4 is 16.9 Å². The minimum absolute atomic E-state index is 0.132. The quantitative estimate of drug-likeness (QED) is 0.512. The molecule has 146 valence electrons. The van der Waals surface area contributed by atoms with Crippen molar-refractivity contribution in [3.63, 3.8) is 0 Å². The van der Waals surface area contributed by atoms with Crippen molar-refractivity contribution < 1.29 is 22.6 Å². The lowest BCUT2D eigenvalue weighted by atomic mass is 10.3. The van der Waals surface area contributed by atoms with Crippen LogP contribution in [0.3, 0.4) is 0 Å². The Balaban J connectivity index is 2.18. The van der Waals surface area contributed by atoms with Crippen LogP contribution in [0.5, 0.6) is 5.75 Å². The van der Waals surface area contributed by atoms with E-state index >= 15 is 0 Å². The number of rotatable bonds is 5. The van der Waals surface area contributed by atoms with Crippen molar-refractivity contribution in [1.29, 1.82) is 0 Å². The number of methoxy groups -OCH3 is 1. The number of allylic oxidation sites excluding steroid dienone is 2. The molecule has 0 spiro atoms. The Morgan fingerprint density at radius 1 is 1.14 bits per heavy atom. The molecule has 0 amide bonds. The highest BCUT2D eigenvalue weighted by atomic mass is 19.4. The van der Waals surface area contributed by atoms with Gasteiger partial charge < -0.3 is 20.9 Å². The molecule has 0 radical (unpaired) electrons. The maximum atomic E-state index is 12.5. The number of hydrogen-bond donors (Lipinski definition) is 2. The highest BCUT2D eigenvalue weighted by Crippen LogP contribution is 2.30. The van der Waals surface area contributed by atoms with E-state index in [1.54, 1.807) is 29.0 Å². The van der Waals surface area contributed by atoms with E-state index in [0.717, 1.165) is 0 Å². The molecule has 1 aromatic carbocycles. The van der Waals surface area contributed by atoms with E-state index in [-0.39, 0.29) is 23.0 Å². The zero-order valence-electron chi connectivity index (χ0n) is 14.6. The zero-order chi connectivity index (χ0) is 20.3. The fourth-order valence-electron chi connectivity index (χ4n) is 2.50. The topological polar surface area (TPSA) is 101 Å². The molecule has 28 heavy (non-hydrogen) atoms. The van der Waals surface area contributed by atoms with Crippen molar-refractivity contribution in [2.45, 2.75) is 6.36 Å². The summed E-state index contributed by atoms with van der Waals surface area (Å²) in [7, 11) is 1.41. The average molecular weight is 391 g/mol. The lowest BCUT2D eigenvalue weighted by Crippen LogP contribution is -2.17. The van der Waals surface area contributed by atoms with E-state index in [4.69, 9.17) is 16.2 Å². The molecule has 0 bridgehead atoms. The standard InChI is InChI=1S/C18H16F3N5O2/c1-27-16(23)8-7-15(22)26-14-6-5-11(28-18(19,20)21)10-13(14)25-17(26)12-4-2-3-9-24-12/h2-10H,22-23H2,1H3/b15-7+,16-8+. The normalized spacial score (nSPS) is 13.0. The van der Waals surface area contributed by atoms with Gasteiger partial charge in [0.25, 0.3) is 0 Å². The number of hydrogen-bond acceptors (Lipinski definition) is 6. The first kappa shape index (κ1) is 19.1. The maximum absolute atomic E-state index is 12.5. The molecule has 10 heteroatoms. The minimum Gasteiger partial charge on any atom is -0.483 e. The molecule has 2 aromatic heterocycles. The van der Waals surface area contributed by atoms with Gasteiger partial charge in [-0.1, -0.05) is 6.07 Å². The highest BCUT2D eigenvalue weighted by molar-refractivity contribution is 5.85. The van der Waals surface area contributed by atoms with Crippen molar-refractivity contribution in [1.82, 2.24) is 14.5 Å². The minimum atomic E-state index is -4.80. The van der Waals surface area contributed by atoms with E-state index < -0.39 is 6.36 Å². The van der Waals surface area contributed by atoms with E-state index in [1.807, 2.05) is 0 Å². The summed E-state index contributed by atoms with van der Waals surface area (Å²) in [5.41, 5.74) is 13.0. The summed E-state index contributed by atoms with van der Waals surface area (Å²) in [6.07, 6.45) is -0.293. The van der Waals surface area contributed by atoms with Crippen LogP contribution in [0.15, 0.2) is 60.6 Å². The summed E-state index contributed by atoms with van der Waals surface area (Å²) in [4.78, 5) is 8.63. The first-order chi connectivity index (χ1) is 13.3. The van der Waals surface area contributed by atoms with Gasteiger partial charge in [-0.15, -0.1) is 13.2 Å². The van der Waals surface area contributed by atoms with Gasteiger partial charge in [-0.3, -0.25) is 9.55 Å². The Bertz CT molecular complexity index is 1040. The lowest BCUT2D eigenvalue weighted by molar-refractivity contribution is -0.274. The molecule has 0 fully saturated rings. The van der Waals surface area contributed by atoms with Gasteiger partial charge in [-0.25, -0.2) is 4.98 Å². The summed E-state index contributed by atoms with van der Waals surface area (Å²) in [5, 5.41) is 0. The number of imidazole rings is 1. The van der Waals surface area contributed by atoms with Crippen LogP contribution in [0.25, 0.3) is 28.4 Å². The molecular weight excluding hydrogens is 375 g/mol. The largest absolute Gasteiger partial charge is 0.573 e. The first-order valence-corrected chi connectivity index (χ1v) is 7.95. The van der Waals surface area contributed by atoms with Crippen molar-refractivity contribution in [3.8, 4) is 17.3 Å². The first-order valence-electron chi connectivity index (χ1n) is 7.95. The van der Waals surface area contributed by atoms with Crippen LogP contribution < -0.4 is 16.2 Å². The predicted molar refractivity (Wildman–Crippen MR) is 97.4 cm³/mol. The van der Waals surface area contributed by atoms with Crippen LogP contribution >= 0.6 is 0 Å². The fourth-order valence-corrected chi connectivity index (χ4v) is 2.50. The van der Waals surface area contributed by atoms with E-state index in [9.17, 15) is 13.2 Å². The molecule has 0 aliphatic heterocycles. The van der Waals surface area contributed by atoms with Gasteiger partial charge in [-0.05, 0) is 30.3 Å². The average Bonchev–Trinajstić information content (AvgIpc) is 3.04. The Hall–Kier alpha value is -3.69. The summed E-state index contributed by atoms with van der Waals surface area (Å²) in [6.45, 7) is 0. The van der Waals surface area contributed by atoms with E-state index in [1.165, 1.54) is 37.5 Å². The highest BCUT2D eigenvalue weighted by Gasteiger charge is 2.31. The van der Waals surface area contributed by atoms with Gasteiger partial charge in [0.2, 0.25) is 0 Å². The van der Waals surface area contributed by atoms with Crippen LogP contribution in [-0.4, -0.2) is 28.0 Å². The Kier molecular flexibility index (Phi) is 5.12. The molecule has 3 aromatic rings. The predicted octanol–water partition coefficient (Wildman–Crippen LogP) is 3.20. The number of pyridine rings is 1. The number of fused-ring (bicyclic) bond motifs is 1. The molecular formula is C18H16F3N5O2. The third kappa shape index (κ3) is 4.17. The summed E-state index contributed by atoms with van der Waals surface area (Å²) in [6, 6.07) is 8.98. The zero-order valence-corrected chi connectivity index (χ0v) is 14.6. The molecule has 0 atom stereocenters. The number of nitrogens with zero attached hydrogens (tertiary/aromatic N) is 3. The van der Waals surface area contributed by atoms with Crippen LogP contribution in [0.2, 0.25) is 0 Å². The second-order valence-corrected chi connectivity index (χ2v) is 5.55. The number of alkyl halides is 3. The number of benzene rings is 1. The van der Waals surface area contributed by atoms with Crippen LogP contribution in [-0.2, 0) is 4.74 Å². The number of nitrogens with two attached hydrogens (primary N) is 2. The summed E-state index contributed by atoms with van der Waals surface area (Å²) in [5.74, 6) is 0.307. The van der Waals surface area contributed by atoms with Crippen LogP contribution in [0, 0.1) is 0 Å². The van der Waals surface area contributed by atoms with E-state index in [2.05, 4.69) is 14.7 Å². The molecule has 0 saturated carbocycles. The van der Waals surface area contributed by atoms with Gasteiger partial charge in [0.05, 0.1) is 18.1 Å².